The third-order valence-corrected chi connectivity index (χ3v) is 6.07. The van der Waals surface area contributed by atoms with E-state index in [1.807, 2.05) is 36.4 Å². The Bertz CT molecular complexity index is 858. The highest BCUT2D eigenvalue weighted by molar-refractivity contribution is 6.00. The van der Waals surface area contributed by atoms with Crippen LogP contribution in [-0.4, -0.2) is 18.9 Å². The standard InChI is InChI=1S/C23H24O4/c1-26-22(25)19-10-12-23(14-21(19)24)11-9-17-7-8-18(13-20(17)23)27-15-16-5-3-2-4-6-16/h2-8,13,19H,9-12,14-15H2,1H3. The molecule has 1 saturated carbocycles. The summed E-state index contributed by atoms with van der Waals surface area (Å²) < 4.78 is 10.8. The number of ether oxygens (including phenoxy) is 2. The Morgan fingerprint density at radius 3 is 2.70 bits per heavy atom. The predicted octanol–water partition coefficient (Wildman–Crippen LogP) is 3.99. The van der Waals surface area contributed by atoms with Crippen molar-refractivity contribution in [3.63, 3.8) is 0 Å². The molecule has 0 amide bonds. The summed E-state index contributed by atoms with van der Waals surface area (Å²) in [5.41, 5.74) is 3.50. The number of benzene rings is 2. The second-order valence-electron chi connectivity index (χ2n) is 7.63. The fourth-order valence-corrected chi connectivity index (χ4v) is 4.57. The number of aryl methyl sites for hydroxylation is 1. The van der Waals surface area contributed by atoms with Gasteiger partial charge in [-0.2, -0.15) is 0 Å². The number of fused-ring (bicyclic) bond motifs is 2. The van der Waals surface area contributed by atoms with Crippen LogP contribution in [0.4, 0.5) is 0 Å². The van der Waals surface area contributed by atoms with E-state index in [9.17, 15) is 9.59 Å². The molecule has 4 rings (SSSR count). The number of rotatable bonds is 4. The van der Waals surface area contributed by atoms with Crippen molar-refractivity contribution in [1.29, 1.82) is 0 Å². The van der Waals surface area contributed by atoms with Crippen LogP contribution in [0.15, 0.2) is 48.5 Å². The van der Waals surface area contributed by atoms with Crippen molar-refractivity contribution in [3.05, 3.63) is 65.2 Å². The van der Waals surface area contributed by atoms with E-state index in [-0.39, 0.29) is 11.2 Å². The molecule has 140 valence electrons. The molecule has 0 radical (unpaired) electrons. The van der Waals surface area contributed by atoms with Crippen molar-refractivity contribution in [1.82, 2.24) is 0 Å². The molecule has 0 aliphatic heterocycles. The molecule has 27 heavy (non-hydrogen) atoms. The lowest BCUT2D eigenvalue weighted by Gasteiger charge is -2.36. The normalized spacial score (nSPS) is 23.9. The van der Waals surface area contributed by atoms with Gasteiger partial charge in [0.25, 0.3) is 0 Å². The quantitative estimate of drug-likeness (QED) is 0.608. The van der Waals surface area contributed by atoms with E-state index in [2.05, 4.69) is 12.1 Å². The second kappa shape index (κ2) is 7.18. The zero-order valence-electron chi connectivity index (χ0n) is 15.6. The minimum atomic E-state index is -0.595. The number of Topliss-reactive ketones (excluding diaryl/α,β-unsaturated/α-hetero) is 1. The van der Waals surface area contributed by atoms with E-state index in [1.165, 1.54) is 18.2 Å². The van der Waals surface area contributed by atoms with Crippen LogP contribution in [0.1, 0.15) is 42.4 Å². The smallest absolute Gasteiger partial charge is 0.316 e. The Hall–Kier alpha value is -2.62. The van der Waals surface area contributed by atoms with Crippen LogP contribution in [0.3, 0.4) is 0 Å². The van der Waals surface area contributed by atoms with E-state index in [4.69, 9.17) is 9.47 Å². The van der Waals surface area contributed by atoms with Gasteiger partial charge in [-0.25, -0.2) is 0 Å². The van der Waals surface area contributed by atoms with E-state index in [0.29, 0.717) is 19.4 Å². The van der Waals surface area contributed by atoms with Crippen LogP contribution in [0.5, 0.6) is 5.75 Å². The van der Waals surface area contributed by atoms with Crippen LogP contribution >= 0.6 is 0 Å². The molecule has 0 heterocycles. The summed E-state index contributed by atoms with van der Waals surface area (Å²) in [6.07, 6.45) is 3.77. The van der Waals surface area contributed by atoms with Gasteiger partial charge < -0.3 is 9.47 Å². The van der Waals surface area contributed by atoms with Gasteiger partial charge in [0, 0.05) is 11.8 Å². The first-order valence-corrected chi connectivity index (χ1v) is 9.52. The summed E-state index contributed by atoms with van der Waals surface area (Å²) in [7, 11) is 1.35. The highest BCUT2D eigenvalue weighted by atomic mass is 16.5. The second-order valence-corrected chi connectivity index (χ2v) is 7.63. The Morgan fingerprint density at radius 2 is 1.96 bits per heavy atom. The molecule has 4 nitrogen and oxygen atoms in total. The average molecular weight is 364 g/mol. The highest BCUT2D eigenvalue weighted by Gasteiger charge is 2.47. The molecule has 2 aliphatic carbocycles. The van der Waals surface area contributed by atoms with Gasteiger partial charge in [0.05, 0.1) is 7.11 Å². The number of ketones is 1. The largest absolute Gasteiger partial charge is 0.489 e. The van der Waals surface area contributed by atoms with Gasteiger partial charge in [0.1, 0.15) is 24.1 Å². The topological polar surface area (TPSA) is 52.6 Å². The molecule has 2 atom stereocenters. The maximum atomic E-state index is 12.6. The predicted molar refractivity (Wildman–Crippen MR) is 102 cm³/mol. The average Bonchev–Trinajstić information content (AvgIpc) is 3.04. The minimum absolute atomic E-state index is 0.0107. The van der Waals surface area contributed by atoms with E-state index < -0.39 is 11.9 Å². The summed E-state index contributed by atoms with van der Waals surface area (Å²) >= 11 is 0. The molecular formula is C23H24O4. The third kappa shape index (κ3) is 3.36. The maximum absolute atomic E-state index is 12.6. The fourth-order valence-electron chi connectivity index (χ4n) is 4.57. The van der Waals surface area contributed by atoms with E-state index in [1.54, 1.807) is 0 Å². The molecule has 4 heteroatoms. The van der Waals surface area contributed by atoms with Crippen molar-refractivity contribution < 1.29 is 19.1 Å². The Kier molecular flexibility index (Phi) is 4.73. The Balaban J connectivity index is 1.53. The first-order valence-electron chi connectivity index (χ1n) is 9.52. The molecule has 2 unspecified atom stereocenters. The summed E-state index contributed by atoms with van der Waals surface area (Å²) in [5, 5.41) is 0. The number of methoxy groups -OCH3 is 1. The van der Waals surface area contributed by atoms with Gasteiger partial charge in [0.15, 0.2) is 0 Å². The molecule has 1 spiro atoms. The molecule has 2 aliphatic rings. The van der Waals surface area contributed by atoms with Crippen LogP contribution in [0.25, 0.3) is 0 Å². The van der Waals surface area contributed by atoms with Gasteiger partial charge in [0.2, 0.25) is 0 Å². The molecule has 0 saturated heterocycles. The molecule has 2 aromatic rings. The van der Waals surface area contributed by atoms with E-state index in [0.717, 1.165) is 30.6 Å². The Labute approximate surface area is 159 Å². The van der Waals surface area contributed by atoms with Gasteiger partial charge in [-0.1, -0.05) is 36.4 Å². The molecule has 0 aromatic heterocycles. The lowest BCUT2D eigenvalue weighted by molar-refractivity contribution is -0.151. The molecule has 0 bridgehead atoms. The fraction of sp³-hybridized carbons (Fsp3) is 0.391. The summed E-state index contributed by atoms with van der Waals surface area (Å²) in [6, 6.07) is 16.3. The third-order valence-electron chi connectivity index (χ3n) is 6.07. The minimum Gasteiger partial charge on any atom is -0.489 e. The van der Waals surface area contributed by atoms with Crippen molar-refractivity contribution in [3.8, 4) is 5.75 Å². The maximum Gasteiger partial charge on any atom is 0.316 e. The monoisotopic (exact) mass is 364 g/mol. The lowest BCUT2D eigenvalue weighted by Crippen LogP contribution is -2.39. The molecule has 0 N–H and O–H groups in total. The van der Waals surface area contributed by atoms with Gasteiger partial charge in [-0.05, 0) is 54.5 Å². The molecule has 1 fully saturated rings. The van der Waals surface area contributed by atoms with Crippen LogP contribution in [0, 0.1) is 5.92 Å². The summed E-state index contributed by atoms with van der Waals surface area (Å²) in [4.78, 5) is 24.5. The number of hydrogen-bond acceptors (Lipinski definition) is 4. The first kappa shape index (κ1) is 17.8. The van der Waals surface area contributed by atoms with E-state index >= 15 is 0 Å². The van der Waals surface area contributed by atoms with Crippen LogP contribution in [-0.2, 0) is 32.8 Å². The zero-order valence-corrected chi connectivity index (χ0v) is 15.6. The van der Waals surface area contributed by atoms with Crippen LogP contribution < -0.4 is 4.74 Å². The highest BCUT2D eigenvalue weighted by Crippen LogP contribution is 2.49. The van der Waals surface area contributed by atoms with Gasteiger partial charge in [-0.3, -0.25) is 9.59 Å². The van der Waals surface area contributed by atoms with Crippen molar-refractivity contribution in [2.75, 3.05) is 7.11 Å². The molecule has 2 aromatic carbocycles. The number of carbonyl (C=O) groups excluding carboxylic acids is 2. The van der Waals surface area contributed by atoms with Gasteiger partial charge in [-0.15, -0.1) is 0 Å². The van der Waals surface area contributed by atoms with Crippen LogP contribution in [0.2, 0.25) is 0 Å². The Morgan fingerprint density at radius 1 is 1.15 bits per heavy atom. The summed E-state index contributed by atoms with van der Waals surface area (Å²) in [5.74, 6) is -0.145. The van der Waals surface area contributed by atoms with Crippen molar-refractivity contribution in [2.45, 2.75) is 44.1 Å². The lowest BCUT2D eigenvalue weighted by atomic mass is 9.66. The van der Waals surface area contributed by atoms with Crippen molar-refractivity contribution >= 4 is 11.8 Å². The molecular weight excluding hydrogens is 340 g/mol. The number of esters is 1. The number of hydrogen-bond donors (Lipinski definition) is 0. The summed E-state index contributed by atoms with van der Waals surface area (Å²) in [6.45, 7) is 0.524. The first-order chi connectivity index (χ1) is 13.1. The van der Waals surface area contributed by atoms with Crippen molar-refractivity contribution in [2.24, 2.45) is 5.92 Å². The SMILES string of the molecule is COC(=O)C1CCC2(CCc3ccc(OCc4ccccc4)cc32)CC1=O. The van der Waals surface area contributed by atoms with Gasteiger partial charge >= 0.3 is 5.97 Å². The zero-order chi connectivity index (χ0) is 18.9. The number of carbonyl (C=O) groups is 2.